The number of rotatable bonds is 5. The maximum absolute atomic E-state index is 12.4. The lowest BCUT2D eigenvalue weighted by Crippen LogP contribution is -2.06. The first-order chi connectivity index (χ1) is 9.52. The summed E-state index contributed by atoms with van der Waals surface area (Å²) in [5.41, 5.74) is 1.23. The van der Waals surface area contributed by atoms with Crippen LogP contribution in [-0.4, -0.2) is 18.8 Å². The Kier molecular flexibility index (Phi) is 4.57. The molecule has 3 nitrogen and oxygen atoms in total. The first kappa shape index (κ1) is 14.7. The van der Waals surface area contributed by atoms with Gasteiger partial charge in [0.15, 0.2) is 11.5 Å². The van der Waals surface area contributed by atoms with Gasteiger partial charge in [0.05, 0.1) is 7.11 Å². The first-order valence-corrected chi connectivity index (χ1v) is 6.75. The topological polar surface area (TPSA) is 38.7 Å². The van der Waals surface area contributed by atoms with Crippen molar-refractivity contribution in [3.05, 3.63) is 45.6 Å². The number of thiophene rings is 1. The largest absolute Gasteiger partial charge is 0.493 e. The fourth-order valence-electron chi connectivity index (χ4n) is 1.91. The monoisotopic (exact) mass is 300 g/mol. The second-order valence-electron chi connectivity index (χ2n) is 4.12. The van der Waals surface area contributed by atoms with E-state index in [9.17, 15) is 13.9 Å². The van der Waals surface area contributed by atoms with Crippen LogP contribution < -0.4 is 9.47 Å². The molecule has 1 aromatic carbocycles. The number of hydrogen-bond acceptors (Lipinski definition) is 4. The highest BCUT2D eigenvalue weighted by atomic mass is 32.1. The Hall–Kier alpha value is -1.66. The Bertz CT molecular complexity index is 584. The molecule has 0 aliphatic rings. The van der Waals surface area contributed by atoms with Gasteiger partial charge in [-0.1, -0.05) is 6.07 Å². The molecule has 1 N–H and O–H groups in total. The number of aryl methyl sites for hydroxylation is 1. The summed E-state index contributed by atoms with van der Waals surface area (Å²) in [6.45, 7) is -1.05. The third-order valence-electron chi connectivity index (χ3n) is 2.91. The molecule has 0 saturated heterocycles. The van der Waals surface area contributed by atoms with Crippen molar-refractivity contribution in [2.45, 2.75) is 19.6 Å². The number of benzene rings is 1. The smallest absolute Gasteiger partial charge is 0.387 e. The van der Waals surface area contributed by atoms with Crippen LogP contribution in [-0.2, 0) is 0 Å². The number of aliphatic hydroxyl groups excluding tert-OH is 1. The van der Waals surface area contributed by atoms with Crippen LogP contribution in [0.3, 0.4) is 0 Å². The van der Waals surface area contributed by atoms with Crippen molar-refractivity contribution in [2.24, 2.45) is 0 Å². The Morgan fingerprint density at radius 2 is 1.95 bits per heavy atom. The van der Waals surface area contributed by atoms with Crippen molar-refractivity contribution in [3.8, 4) is 11.5 Å². The summed E-state index contributed by atoms with van der Waals surface area (Å²) < 4.78 is 34.1. The van der Waals surface area contributed by atoms with Gasteiger partial charge in [0.2, 0.25) is 0 Å². The zero-order valence-electron chi connectivity index (χ0n) is 11.0. The van der Waals surface area contributed by atoms with Gasteiger partial charge in [-0.05, 0) is 41.6 Å². The molecule has 1 atom stereocenters. The van der Waals surface area contributed by atoms with Gasteiger partial charge in [-0.15, -0.1) is 11.3 Å². The standard InChI is InChI=1S/C14H14F2O3S/c1-8-10(5-6-20-8)13(17)9-3-4-11(18-2)12(7-9)19-14(15)16/h3-7,13-14,17H,1-2H3. The minimum Gasteiger partial charge on any atom is -0.493 e. The van der Waals surface area contributed by atoms with Crippen molar-refractivity contribution in [2.75, 3.05) is 7.11 Å². The summed E-state index contributed by atoms with van der Waals surface area (Å²) in [5, 5.41) is 12.2. The van der Waals surface area contributed by atoms with Crippen molar-refractivity contribution < 1.29 is 23.4 Å². The molecule has 20 heavy (non-hydrogen) atoms. The van der Waals surface area contributed by atoms with E-state index in [1.807, 2.05) is 18.4 Å². The lowest BCUT2D eigenvalue weighted by Gasteiger charge is -2.15. The van der Waals surface area contributed by atoms with Crippen molar-refractivity contribution in [1.29, 1.82) is 0 Å². The third kappa shape index (κ3) is 3.08. The molecule has 1 heterocycles. The molecule has 1 aromatic heterocycles. The van der Waals surface area contributed by atoms with Crippen LogP contribution in [0.5, 0.6) is 11.5 Å². The molecule has 0 radical (unpaired) electrons. The van der Waals surface area contributed by atoms with Gasteiger partial charge >= 0.3 is 6.61 Å². The Morgan fingerprint density at radius 3 is 2.50 bits per heavy atom. The van der Waals surface area contributed by atoms with Crippen LogP contribution in [0, 0.1) is 6.92 Å². The Morgan fingerprint density at radius 1 is 1.20 bits per heavy atom. The number of methoxy groups -OCH3 is 1. The van der Waals surface area contributed by atoms with E-state index >= 15 is 0 Å². The number of alkyl halides is 2. The molecule has 0 aliphatic carbocycles. The molecule has 0 fully saturated rings. The maximum Gasteiger partial charge on any atom is 0.387 e. The minimum absolute atomic E-state index is 0.0908. The molecule has 2 aromatic rings. The summed E-state index contributed by atoms with van der Waals surface area (Å²) >= 11 is 1.51. The van der Waals surface area contributed by atoms with Crippen molar-refractivity contribution >= 4 is 11.3 Å². The zero-order chi connectivity index (χ0) is 14.7. The number of aliphatic hydroxyl groups is 1. The second-order valence-corrected chi connectivity index (χ2v) is 5.24. The normalized spacial score (nSPS) is 12.5. The second kappa shape index (κ2) is 6.19. The van der Waals surface area contributed by atoms with E-state index in [4.69, 9.17) is 4.74 Å². The predicted octanol–water partition coefficient (Wildman–Crippen LogP) is 3.75. The SMILES string of the molecule is COc1ccc(C(O)c2ccsc2C)cc1OC(F)F. The summed E-state index contributed by atoms with van der Waals surface area (Å²) in [6, 6.07) is 6.30. The van der Waals surface area contributed by atoms with Gasteiger partial charge in [-0.25, -0.2) is 0 Å². The number of hydrogen-bond donors (Lipinski definition) is 1. The van der Waals surface area contributed by atoms with E-state index in [0.717, 1.165) is 10.4 Å². The Balaban J connectivity index is 2.35. The van der Waals surface area contributed by atoms with Crippen LogP contribution in [0.1, 0.15) is 22.1 Å². The van der Waals surface area contributed by atoms with E-state index in [2.05, 4.69) is 4.74 Å². The van der Waals surface area contributed by atoms with Gasteiger partial charge in [-0.3, -0.25) is 0 Å². The average Bonchev–Trinajstić information content (AvgIpc) is 2.83. The Labute approximate surface area is 119 Å². The van der Waals surface area contributed by atoms with Crippen LogP contribution in [0.15, 0.2) is 29.6 Å². The molecular formula is C14H14F2O3S. The van der Waals surface area contributed by atoms with Crippen LogP contribution in [0.25, 0.3) is 0 Å². The van der Waals surface area contributed by atoms with Crippen molar-refractivity contribution in [1.82, 2.24) is 0 Å². The molecule has 0 saturated carbocycles. The molecule has 1 unspecified atom stereocenters. The molecule has 0 spiro atoms. The number of halogens is 2. The molecule has 0 aliphatic heterocycles. The van der Waals surface area contributed by atoms with Gasteiger partial charge in [0.25, 0.3) is 0 Å². The third-order valence-corrected chi connectivity index (χ3v) is 3.77. The summed E-state index contributed by atoms with van der Waals surface area (Å²) in [7, 11) is 1.37. The average molecular weight is 300 g/mol. The highest BCUT2D eigenvalue weighted by Crippen LogP contribution is 2.35. The minimum atomic E-state index is -2.95. The zero-order valence-corrected chi connectivity index (χ0v) is 11.8. The fourth-order valence-corrected chi connectivity index (χ4v) is 2.64. The van der Waals surface area contributed by atoms with Crippen LogP contribution in [0.4, 0.5) is 8.78 Å². The summed E-state index contributed by atoms with van der Waals surface area (Å²) in [4.78, 5) is 0.977. The number of ether oxygens (including phenoxy) is 2. The van der Waals surface area contributed by atoms with Gasteiger partial charge in [0.1, 0.15) is 6.10 Å². The van der Waals surface area contributed by atoms with Gasteiger partial charge in [0, 0.05) is 4.88 Å². The van der Waals surface area contributed by atoms with E-state index in [0.29, 0.717) is 5.56 Å². The molecule has 108 valence electrons. The predicted molar refractivity (Wildman–Crippen MR) is 72.7 cm³/mol. The highest BCUT2D eigenvalue weighted by molar-refractivity contribution is 7.10. The van der Waals surface area contributed by atoms with Crippen LogP contribution >= 0.6 is 11.3 Å². The first-order valence-electron chi connectivity index (χ1n) is 5.87. The van der Waals surface area contributed by atoms with E-state index in [1.165, 1.54) is 30.6 Å². The van der Waals surface area contributed by atoms with Gasteiger partial charge in [-0.2, -0.15) is 8.78 Å². The maximum atomic E-state index is 12.4. The summed E-state index contributed by atoms with van der Waals surface area (Å²) in [6.07, 6.45) is -0.882. The van der Waals surface area contributed by atoms with E-state index < -0.39 is 12.7 Å². The molecular weight excluding hydrogens is 286 g/mol. The quantitative estimate of drug-likeness (QED) is 0.914. The van der Waals surface area contributed by atoms with E-state index in [1.54, 1.807) is 6.07 Å². The van der Waals surface area contributed by atoms with Crippen molar-refractivity contribution in [3.63, 3.8) is 0 Å². The lowest BCUT2D eigenvalue weighted by atomic mass is 10.0. The van der Waals surface area contributed by atoms with Crippen LogP contribution in [0.2, 0.25) is 0 Å². The van der Waals surface area contributed by atoms with E-state index in [-0.39, 0.29) is 11.5 Å². The highest BCUT2D eigenvalue weighted by Gasteiger charge is 2.18. The molecule has 0 amide bonds. The lowest BCUT2D eigenvalue weighted by molar-refractivity contribution is -0.0513. The van der Waals surface area contributed by atoms with Gasteiger partial charge < -0.3 is 14.6 Å². The molecule has 0 bridgehead atoms. The molecule has 6 heteroatoms. The summed E-state index contributed by atoms with van der Waals surface area (Å²) in [5.74, 6) is 0.107. The fraction of sp³-hybridized carbons (Fsp3) is 0.286. The molecule has 2 rings (SSSR count).